The highest BCUT2D eigenvalue weighted by Gasteiger charge is 2.37. The minimum atomic E-state index is 0.153. The number of piperidine rings is 1. The first kappa shape index (κ1) is 13.4. The van der Waals surface area contributed by atoms with E-state index in [4.69, 9.17) is 11.6 Å². The Bertz CT molecular complexity index is 505. The lowest BCUT2D eigenvalue weighted by Crippen LogP contribution is -2.46. The molecule has 0 spiro atoms. The first-order valence-electron chi connectivity index (χ1n) is 6.93. The molecule has 3 rings (SSSR count). The molecule has 1 saturated carbocycles. The Labute approximate surface area is 127 Å². The van der Waals surface area contributed by atoms with E-state index >= 15 is 0 Å². The van der Waals surface area contributed by atoms with Gasteiger partial charge >= 0.3 is 0 Å². The van der Waals surface area contributed by atoms with Crippen molar-refractivity contribution in [3.8, 4) is 0 Å². The number of carbonyl (C=O) groups excluding carboxylic acids is 1. The highest BCUT2D eigenvalue weighted by atomic mass is 79.9. The fourth-order valence-corrected chi connectivity index (χ4v) is 4.38. The molecule has 1 aliphatic carbocycles. The summed E-state index contributed by atoms with van der Waals surface area (Å²) >= 11 is 9.40. The van der Waals surface area contributed by atoms with Crippen LogP contribution in [-0.4, -0.2) is 23.4 Å². The van der Waals surface area contributed by atoms with E-state index in [1.807, 2.05) is 6.07 Å². The minimum Gasteiger partial charge on any atom is -0.335 e. The van der Waals surface area contributed by atoms with Crippen LogP contribution in [-0.2, 0) is 0 Å². The van der Waals surface area contributed by atoms with E-state index < -0.39 is 0 Å². The Morgan fingerprint density at radius 3 is 2.84 bits per heavy atom. The van der Waals surface area contributed by atoms with Gasteiger partial charge in [0, 0.05) is 22.1 Å². The van der Waals surface area contributed by atoms with Gasteiger partial charge in [0.25, 0.3) is 5.91 Å². The van der Waals surface area contributed by atoms with Gasteiger partial charge in [-0.05, 0) is 65.7 Å². The van der Waals surface area contributed by atoms with Crippen LogP contribution < -0.4 is 0 Å². The zero-order chi connectivity index (χ0) is 13.4. The monoisotopic (exact) mass is 341 g/mol. The normalized spacial score (nSPS) is 26.3. The molecular formula is C15H17BrClNO. The molecule has 0 radical (unpaired) electrons. The van der Waals surface area contributed by atoms with Gasteiger partial charge in [0.05, 0.1) is 5.56 Å². The van der Waals surface area contributed by atoms with E-state index in [9.17, 15) is 4.79 Å². The van der Waals surface area contributed by atoms with Crippen molar-refractivity contribution in [1.29, 1.82) is 0 Å². The van der Waals surface area contributed by atoms with Crippen molar-refractivity contribution in [1.82, 2.24) is 4.90 Å². The maximum absolute atomic E-state index is 12.7. The van der Waals surface area contributed by atoms with Crippen LogP contribution in [0.2, 0.25) is 5.02 Å². The van der Waals surface area contributed by atoms with Gasteiger partial charge in [-0.1, -0.05) is 18.0 Å². The summed E-state index contributed by atoms with van der Waals surface area (Å²) in [7, 11) is 0. The number of fused-ring (bicyclic) bond motifs is 1. The van der Waals surface area contributed by atoms with E-state index in [1.54, 1.807) is 12.1 Å². The third-order valence-electron chi connectivity index (χ3n) is 4.42. The molecule has 0 aromatic heterocycles. The molecule has 102 valence electrons. The maximum Gasteiger partial charge on any atom is 0.255 e. The number of hydrogen-bond acceptors (Lipinski definition) is 1. The van der Waals surface area contributed by atoms with Gasteiger partial charge in [-0.3, -0.25) is 4.79 Å². The SMILES string of the molecule is O=C(c1ccc(Cl)cc1Br)N1CCCC2CCCC21. The fourth-order valence-electron chi connectivity index (χ4n) is 3.52. The lowest BCUT2D eigenvalue weighted by molar-refractivity contribution is 0.0547. The van der Waals surface area contributed by atoms with Crippen LogP contribution in [0.4, 0.5) is 0 Å². The average molecular weight is 343 g/mol. The number of likely N-dealkylation sites (tertiary alicyclic amines) is 1. The standard InChI is InChI=1S/C15H17BrClNO/c16-13-9-11(17)6-7-12(13)15(19)18-8-2-4-10-3-1-5-14(10)18/h6-7,9-10,14H,1-5,8H2. The molecule has 1 aliphatic heterocycles. The van der Waals surface area contributed by atoms with E-state index in [1.165, 1.54) is 25.7 Å². The summed E-state index contributed by atoms with van der Waals surface area (Å²) in [5.41, 5.74) is 0.733. The topological polar surface area (TPSA) is 20.3 Å². The molecule has 2 fully saturated rings. The van der Waals surface area contributed by atoms with Crippen LogP contribution >= 0.6 is 27.5 Å². The summed E-state index contributed by atoms with van der Waals surface area (Å²) in [6.07, 6.45) is 6.15. The molecular weight excluding hydrogens is 326 g/mol. The lowest BCUT2D eigenvalue weighted by Gasteiger charge is -2.38. The van der Waals surface area contributed by atoms with Gasteiger partial charge in [-0.2, -0.15) is 0 Å². The zero-order valence-electron chi connectivity index (χ0n) is 10.7. The van der Waals surface area contributed by atoms with Crippen molar-refractivity contribution in [3.05, 3.63) is 33.3 Å². The second-order valence-electron chi connectivity index (χ2n) is 5.52. The van der Waals surface area contributed by atoms with Gasteiger partial charge in [0.2, 0.25) is 0 Å². The highest BCUT2D eigenvalue weighted by Crippen LogP contribution is 2.38. The van der Waals surface area contributed by atoms with Gasteiger partial charge in [0.15, 0.2) is 0 Å². The Morgan fingerprint density at radius 1 is 1.26 bits per heavy atom. The number of benzene rings is 1. The summed E-state index contributed by atoms with van der Waals surface area (Å²) in [5, 5.41) is 0.654. The van der Waals surface area contributed by atoms with Gasteiger partial charge in [-0.25, -0.2) is 0 Å². The van der Waals surface area contributed by atoms with Crippen LogP contribution in [0.3, 0.4) is 0 Å². The molecule has 0 bridgehead atoms. The van der Waals surface area contributed by atoms with Gasteiger partial charge < -0.3 is 4.90 Å². The summed E-state index contributed by atoms with van der Waals surface area (Å²) in [6, 6.07) is 5.87. The molecule has 2 atom stereocenters. The number of hydrogen-bond donors (Lipinski definition) is 0. The van der Waals surface area contributed by atoms with Crippen molar-refractivity contribution in [3.63, 3.8) is 0 Å². The molecule has 1 aromatic carbocycles. The average Bonchev–Trinajstić information content (AvgIpc) is 2.86. The molecule has 1 heterocycles. The van der Waals surface area contributed by atoms with Gasteiger partial charge in [-0.15, -0.1) is 0 Å². The van der Waals surface area contributed by atoms with Crippen molar-refractivity contribution in [2.24, 2.45) is 5.92 Å². The van der Waals surface area contributed by atoms with E-state index in [-0.39, 0.29) is 5.91 Å². The number of amides is 1. The Balaban J connectivity index is 1.86. The first-order chi connectivity index (χ1) is 9.16. The summed E-state index contributed by atoms with van der Waals surface area (Å²) in [5.74, 6) is 0.879. The molecule has 1 aromatic rings. The Morgan fingerprint density at radius 2 is 2.05 bits per heavy atom. The third-order valence-corrected chi connectivity index (χ3v) is 5.31. The highest BCUT2D eigenvalue weighted by molar-refractivity contribution is 9.10. The lowest BCUT2D eigenvalue weighted by atomic mass is 9.91. The third kappa shape index (κ3) is 2.55. The number of rotatable bonds is 1. The number of nitrogens with zero attached hydrogens (tertiary/aromatic N) is 1. The number of halogens is 2. The molecule has 4 heteroatoms. The van der Waals surface area contributed by atoms with Crippen LogP contribution in [0.25, 0.3) is 0 Å². The molecule has 0 N–H and O–H groups in total. The summed E-state index contributed by atoms with van der Waals surface area (Å²) < 4.78 is 0.796. The van der Waals surface area contributed by atoms with Gasteiger partial charge in [0.1, 0.15) is 0 Å². The van der Waals surface area contributed by atoms with Crippen LogP contribution in [0.15, 0.2) is 22.7 Å². The molecule has 19 heavy (non-hydrogen) atoms. The van der Waals surface area contributed by atoms with Crippen molar-refractivity contribution in [2.45, 2.75) is 38.1 Å². The number of carbonyl (C=O) groups is 1. The minimum absolute atomic E-state index is 0.153. The predicted octanol–water partition coefficient (Wildman–Crippen LogP) is 4.51. The summed E-state index contributed by atoms with van der Waals surface area (Å²) in [4.78, 5) is 14.8. The quantitative estimate of drug-likeness (QED) is 0.735. The molecule has 2 nitrogen and oxygen atoms in total. The molecule has 2 unspecified atom stereocenters. The largest absolute Gasteiger partial charge is 0.335 e. The van der Waals surface area contributed by atoms with E-state index in [0.29, 0.717) is 11.1 Å². The van der Waals surface area contributed by atoms with Crippen LogP contribution in [0, 0.1) is 5.92 Å². The zero-order valence-corrected chi connectivity index (χ0v) is 13.1. The second-order valence-corrected chi connectivity index (χ2v) is 6.81. The molecule has 2 aliphatic rings. The summed E-state index contributed by atoms with van der Waals surface area (Å²) in [6.45, 7) is 0.898. The van der Waals surface area contributed by atoms with E-state index in [2.05, 4.69) is 20.8 Å². The van der Waals surface area contributed by atoms with Crippen LogP contribution in [0.5, 0.6) is 0 Å². The molecule has 1 amide bonds. The molecule has 1 saturated heterocycles. The smallest absolute Gasteiger partial charge is 0.255 e. The van der Waals surface area contributed by atoms with Crippen molar-refractivity contribution in [2.75, 3.05) is 6.54 Å². The maximum atomic E-state index is 12.7. The van der Waals surface area contributed by atoms with E-state index in [0.717, 1.165) is 28.9 Å². The first-order valence-corrected chi connectivity index (χ1v) is 8.10. The Hall–Kier alpha value is -0.540. The van der Waals surface area contributed by atoms with Crippen molar-refractivity contribution >= 4 is 33.4 Å². The van der Waals surface area contributed by atoms with Crippen LogP contribution in [0.1, 0.15) is 42.5 Å². The predicted molar refractivity (Wildman–Crippen MR) is 80.6 cm³/mol. The fraction of sp³-hybridized carbons (Fsp3) is 0.533. The Kier molecular flexibility index (Phi) is 3.86. The second kappa shape index (κ2) is 5.45. The van der Waals surface area contributed by atoms with Crippen molar-refractivity contribution < 1.29 is 4.79 Å².